The van der Waals surface area contributed by atoms with Crippen molar-refractivity contribution in [2.45, 2.75) is 17.7 Å². The van der Waals surface area contributed by atoms with Crippen molar-refractivity contribution in [3.8, 4) is 0 Å². The Kier molecular flexibility index (Phi) is 6.29. The maximum absolute atomic E-state index is 12.6. The average Bonchev–Trinajstić information content (AvgIpc) is 2.59. The smallest absolute Gasteiger partial charge is 0.303 e. The van der Waals surface area contributed by atoms with Crippen LogP contribution >= 0.6 is 0 Å². The average molecular weight is 356 g/mol. The summed E-state index contributed by atoms with van der Waals surface area (Å²) in [7, 11) is -3.66. The van der Waals surface area contributed by atoms with Gasteiger partial charge in [-0.25, -0.2) is 8.42 Å². The molecule has 0 radical (unpaired) electrons. The minimum Gasteiger partial charge on any atom is -0.481 e. The summed E-state index contributed by atoms with van der Waals surface area (Å²) in [5.41, 5.74) is 0.222. The fourth-order valence-electron chi connectivity index (χ4n) is 2.28. The molecule has 0 spiro atoms. The van der Waals surface area contributed by atoms with E-state index in [1.807, 2.05) is 0 Å². The van der Waals surface area contributed by atoms with Gasteiger partial charge in [-0.1, -0.05) is 6.07 Å². The van der Waals surface area contributed by atoms with Crippen LogP contribution in [0.2, 0.25) is 0 Å². The molecule has 1 heterocycles. The Balaban J connectivity index is 2.05. The molecule has 1 aromatic carbocycles. The summed E-state index contributed by atoms with van der Waals surface area (Å²) in [6.07, 6.45) is 0.276. The van der Waals surface area contributed by atoms with Crippen LogP contribution < -0.4 is 5.32 Å². The quantitative estimate of drug-likeness (QED) is 0.680. The van der Waals surface area contributed by atoms with Gasteiger partial charge in [0.15, 0.2) is 0 Å². The molecule has 0 aliphatic carbocycles. The third-order valence-electron chi connectivity index (χ3n) is 3.56. The number of morpholine rings is 1. The lowest BCUT2D eigenvalue weighted by molar-refractivity contribution is -0.137. The second-order valence-electron chi connectivity index (χ2n) is 5.30. The van der Waals surface area contributed by atoms with Crippen LogP contribution in [0.1, 0.15) is 23.2 Å². The lowest BCUT2D eigenvalue weighted by Crippen LogP contribution is -2.40. The van der Waals surface area contributed by atoms with Crippen molar-refractivity contribution in [1.82, 2.24) is 9.62 Å². The minimum atomic E-state index is -3.66. The molecule has 0 unspecified atom stereocenters. The summed E-state index contributed by atoms with van der Waals surface area (Å²) in [6.45, 7) is 1.49. The summed E-state index contributed by atoms with van der Waals surface area (Å²) in [5.74, 6) is -1.36. The number of hydrogen-bond donors (Lipinski definition) is 2. The zero-order chi connectivity index (χ0) is 17.6. The highest BCUT2D eigenvalue weighted by Crippen LogP contribution is 2.18. The number of hydrogen-bond acceptors (Lipinski definition) is 5. The molecule has 1 aliphatic heterocycles. The first-order valence-corrected chi connectivity index (χ1v) is 9.03. The molecule has 0 saturated carbocycles. The van der Waals surface area contributed by atoms with Crippen LogP contribution in [0, 0.1) is 0 Å². The summed E-state index contributed by atoms with van der Waals surface area (Å²) in [4.78, 5) is 22.5. The predicted octanol–water partition coefficient (Wildman–Crippen LogP) is 0.302. The van der Waals surface area contributed by atoms with Gasteiger partial charge in [-0.15, -0.1) is 0 Å². The van der Waals surface area contributed by atoms with Gasteiger partial charge < -0.3 is 15.2 Å². The van der Waals surface area contributed by atoms with Crippen molar-refractivity contribution < 1.29 is 27.9 Å². The first-order valence-electron chi connectivity index (χ1n) is 7.59. The molecule has 1 aliphatic rings. The molecule has 2 rings (SSSR count). The molecule has 2 N–H and O–H groups in total. The van der Waals surface area contributed by atoms with Gasteiger partial charge in [0.05, 0.1) is 18.1 Å². The maximum Gasteiger partial charge on any atom is 0.303 e. The fourth-order valence-corrected chi connectivity index (χ4v) is 3.73. The molecule has 0 aromatic heterocycles. The first kappa shape index (κ1) is 18.4. The second kappa shape index (κ2) is 8.22. The van der Waals surface area contributed by atoms with Gasteiger partial charge in [-0.2, -0.15) is 4.31 Å². The fraction of sp³-hybridized carbons (Fsp3) is 0.467. The van der Waals surface area contributed by atoms with Gasteiger partial charge >= 0.3 is 5.97 Å². The van der Waals surface area contributed by atoms with Crippen molar-refractivity contribution in [3.05, 3.63) is 29.8 Å². The van der Waals surface area contributed by atoms with E-state index in [4.69, 9.17) is 9.84 Å². The number of carbonyl (C=O) groups excluding carboxylic acids is 1. The first-order chi connectivity index (χ1) is 11.4. The number of aliphatic carboxylic acids is 1. The number of sulfonamides is 1. The van der Waals surface area contributed by atoms with E-state index in [-0.39, 0.29) is 36.5 Å². The van der Waals surface area contributed by atoms with E-state index in [0.717, 1.165) is 0 Å². The molecule has 132 valence electrons. The summed E-state index contributed by atoms with van der Waals surface area (Å²) in [6, 6.07) is 5.81. The normalized spacial score (nSPS) is 15.8. The van der Waals surface area contributed by atoms with Crippen LogP contribution in [0.4, 0.5) is 0 Å². The standard InChI is InChI=1S/C15H20N2O6S/c18-14(19)5-2-6-16-15(20)12-3-1-4-13(11-12)24(21,22)17-7-9-23-10-8-17/h1,3-4,11H,2,5-10H2,(H,16,20)(H,18,19). The van der Waals surface area contributed by atoms with E-state index in [0.29, 0.717) is 19.6 Å². The molecule has 0 bridgehead atoms. The molecular weight excluding hydrogens is 336 g/mol. The molecule has 1 aromatic rings. The van der Waals surface area contributed by atoms with Gasteiger partial charge in [-0.3, -0.25) is 9.59 Å². The molecular formula is C15H20N2O6S. The van der Waals surface area contributed by atoms with Crippen LogP contribution in [-0.2, 0) is 19.6 Å². The summed E-state index contributed by atoms with van der Waals surface area (Å²) >= 11 is 0. The number of carbonyl (C=O) groups is 2. The SMILES string of the molecule is O=C(O)CCCNC(=O)c1cccc(S(=O)(=O)N2CCOCC2)c1. The molecule has 24 heavy (non-hydrogen) atoms. The highest BCUT2D eigenvalue weighted by molar-refractivity contribution is 7.89. The number of nitrogens with zero attached hydrogens (tertiary/aromatic N) is 1. The number of carboxylic acids is 1. The highest BCUT2D eigenvalue weighted by atomic mass is 32.2. The Morgan fingerprint density at radius 3 is 2.62 bits per heavy atom. The molecule has 1 amide bonds. The lowest BCUT2D eigenvalue weighted by Gasteiger charge is -2.26. The van der Waals surface area contributed by atoms with Crippen molar-refractivity contribution in [1.29, 1.82) is 0 Å². The largest absolute Gasteiger partial charge is 0.481 e. The third-order valence-corrected chi connectivity index (χ3v) is 5.45. The summed E-state index contributed by atoms with van der Waals surface area (Å²) < 4.78 is 31.6. The van der Waals surface area contributed by atoms with Crippen molar-refractivity contribution >= 4 is 21.9 Å². The Morgan fingerprint density at radius 1 is 1.25 bits per heavy atom. The molecule has 8 nitrogen and oxygen atoms in total. The van der Waals surface area contributed by atoms with Crippen LogP contribution in [0.15, 0.2) is 29.2 Å². The second-order valence-corrected chi connectivity index (χ2v) is 7.24. The number of nitrogens with one attached hydrogen (secondary N) is 1. The number of ether oxygens (including phenoxy) is 1. The lowest BCUT2D eigenvalue weighted by atomic mass is 10.2. The van der Waals surface area contributed by atoms with Crippen LogP contribution in [-0.4, -0.2) is 62.6 Å². The van der Waals surface area contributed by atoms with Crippen LogP contribution in [0.5, 0.6) is 0 Å². The van der Waals surface area contributed by atoms with Crippen LogP contribution in [0.25, 0.3) is 0 Å². The molecule has 0 atom stereocenters. The predicted molar refractivity (Wildman–Crippen MR) is 85.2 cm³/mol. The van der Waals surface area contributed by atoms with Crippen molar-refractivity contribution in [2.75, 3.05) is 32.8 Å². The Morgan fingerprint density at radius 2 is 1.96 bits per heavy atom. The van der Waals surface area contributed by atoms with Gasteiger partial charge in [0.2, 0.25) is 10.0 Å². The van der Waals surface area contributed by atoms with Crippen molar-refractivity contribution in [2.24, 2.45) is 0 Å². The number of carboxylic acid groups (broad SMARTS) is 1. The zero-order valence-electron chi connectivity index (χ0n) is 13.1. The van der Waals surface area contributed by atoms with Gasteiger partial charge in [0.1, 0.15) is 0 Å². The summed E-state index contributed by atoms with van der Waals surface area (Å²) in [5, 5.41) is 11.1. The van der Waals surface area contributed by atoms with E-state index in [2.05, 4.69) is 5.32 Å². The van der Waals surface area contributed by atoms with Gasteiger partial charge in [0, 0.05) is 31.6 Å². The highest BCUT2D eigenvalue weighted by Gasteiger charge is 2.26. The van der Waals surface area contributed by atoms with Crippen molar-refractivity contribution in [3.63, 3.8) is 0 Å². The topological polar surface area (TPSA) is 113 Å². The Labute approximate surface area is 140 Å². The monoisotopic (exact) mass is 356 g/mol. The Bertz CT molecular complexity index is 698. The van der Waals surface area contributed by atoms with E-state index < -0.39 is 21.9 Å². The van der Waals surface area contributed by atoms with E-state index in [1.165, 1.54) is 28.6 Å². The molecule has 1 fully saturated rings. The molecule has 9 heteroatoms. The van der Waals surface area contributed by atoms with E-state index in [1.54, 1.807) is 0 Å². The van der Waals surface area contributed by atoms with E-state index in [9.17, 15) is 18.0 Å². The minimum absolute atomic E-state index is 0.0360. The maximum atomic E-state index is 12.6. The van der Waals surface area contributed by atoms with E-state index >= 15 is 0 Å². The third kappa shape index (κ3) is 4.76. The zero-order valence-corrected chi connectivity index (χ0v) is 13.9. The number of benzene rings is 1. The Hall–Kier alpha value is -1.97. The number of amides is 1. The van der Waals surface area contributed by atoms with Crippen LogP contribution in [0.3, 0.4) is 0 Å². The number of rotatable bonds is 7. The molecule has 1 saturated heterocycles. The van der Waals surface area contributed by atoms with Gasteiger partial charge in [-0.05, 0) is 24.6 Å². The van der Waals surface area contributed by atoms with Gasteiger partial charge in [0.25, 0.3) is 5.91 Å².